The van der Waals surface area contributed by atoms with E-state index in [1.165, 1.54) is 50.9 Å². The molecule has 118 valence electrons. The summed E-state index contributed by atoms with van der Waals surface area (Å²) >= 11 is 0. The number of benzene rings is 1. The molecule has 0 bridgehead atoms. The Bertz CT molecular complexity index is 385. The molecule has 1 aromatic carbocycles. The van der Waals surface area contributed by atoms with Crippen molar-refractivity contribution in [3.05, 3.63) is 29.8 Å². The molecule has 0 aliphatic carbocycles. The average Bonchev–Trinajstić information content (AvgIpc) is 2.53. The van der Waals surface area contributed by atoms with Gasteiger partial charge in [-0.05, 0) is 69.9 Å². The van der Waals surface area contributed by atoms with E-state index in [9.17, 15) is 0 Å². The van der Waals surface area contributed by atoms with Crippen LogP contribution in [0.25, 0.3) is 0 Å². The van der Waals surface area contributed by atoms with Crippen LogP contribution in [0, 0.1) is 0 Å². The summed E-state index contributed by atoms with van der Waals surface area (Å²) < 4.78 is 5.18. The predicted octanol–water partition coefficient (Wildman–Crippen LogP) is 3.09. The maximum Gasteiger partial charge on any atom is 0.118 e. The number of hydrogen-bond acceptors (Lipinski definition) is 3. The summed E-state index contributed by atoms with van der Waals surface area (Å²) in [7, 11) is 1.71. The lowest BCUT2D eigenvalue weighted by Gasteiger charge is -2.29. The van der Waals surface area contributed by atoms with Gasteiger partial charge in [-0.2, -0.15) is 0 Å². The first kappa shape index (κ1) is 16.3. The van der Waals surface area contributed by atoms with Crippen molar-refractivity contribution in [3.8, 4) is 5.75 Å². The summed E-state index contributed by atoms with van der Waals surface area (Å²) in [6.45, 7) is 7.18. The van der Waals surface area contributed by atoms with Crippen molar-refractivity contribution >= 4 is 0 Å². The molecule has 21 heavy (non-hydrogen) atoms. The molecule has 0 spiro atoms. The fraction of sp³-hybridized carbons (Fsp3) is 0.667. The van der Waals surface area contributed by atoms with Gasteiger partial charge in [-0.3, -0.25) is 0 Å². The normalized spacial score (nSPS) is 17.6. The van der Waals surface area contributed by atoms with Crippen LogP contribution in [0.5, 0.6) is 5.75 Å². The van der Waals surface area contributed by atoms with E-state index in [4.69, 9.17) is 4.74 Å². The maximum absolute atomic E-state index is 5.18. The molecule has 3 nitrogen and oxygen atoms in total. The molecule has 1 heterocycles. The minimum Gasteiger partial charge on any atom is -0.497 e. The summed E-state index contributed by atoms with van der Waals surface area (Å²) in [4.78, 5) is 2.60. The van der Waals surface area contributed by atoms with Crippen LogP contribution < -0.4 is 10.1 Å². The second-order valence-corrected chi connectivity index (χ2v) is 6.17. The lowest BCUT2D eigenvalue weighted by molar-refractivity contribution is 0.209. The lowest BCUT2D eigenvalue weighted by atomic mass is 10.1. The number of hydrogen-bond donors (Lipinski definition) is 1. The molecule has 1 unspecified atom stereocenters. The Morgan fingerprint density at radius 1 is 1.14 bits per heavy atom. The molecule has 1 aliphatic rings. The van der Waals surface area contributed by atoms with E-state index in [0.717, 1.165) is 18.7 Å². The predicted molar refractivity (Wildman–Crippen MR) is 89.1 cm³/mol. The molecule has 0 saturated carbocycles. The van der Waals surface area contributed by atoms with Gasteiger partial charge in [0.1, 0.15) is 5.75 Å². The van der Waals surface area contributed by atoms with Crippen LogP contribution in [-0.4, -0.2) is 44.2 Å². The van der Waals surface area contributed by atoms with Crippen LogP contribution in [0.1, 0.15) is 38.2 Å². The van der Waals surface area contributed by atoms with Gasteiger partial charge in [0, 0.05) is 12.6 Å². The van der Waals surface area contributed by atoms with Gasteiger partial charge in [-0.15, -0.1) is 0 Å². The molecule has 1 N–H and O–H groups in total. The zero-order valence-electron chi connectivity index (χ0n) is 13.6. The third-order valence-electron chi connectivity index (χ3n) is 4.27. The molecule has 1 atom stereocenters. The van der Waals surface area contributed by atoms with Crippen molar-refractivity contribution in [2.75, 3.05) is 33.3 Å². The van der Waals surface area contributed by atoms with E-state index < -0.39 is 0 Å². The van der Waals surface area contributed by atoms with E-state index in [1.807, 2.05) is 12.1 Å². The first-order chi connectivity index (χ1) is 10.3. The van der Waals surface area contributed by atoms with Crippen molar-refractivity contribution in [2.45, 2.75) is 45.1 Å². The van der Waals surface area contributed by atoms with Crippen LogP contribution >= 0.6 is 0 Å². The van der Waals surface area contributed by atoms with Crippen LogP contribution in [0.4, 0.5) is 0 Å². The number of nitrogens with one attached hydrogen (secondary N) is 1. The molecule has 1 aliphatic heterocycles. The molecular formula is C18H30N2O. The molecule has 2 rings (SSSR count). The van der Waals surface area contributed by atoms with Crippen molar-refractivity contribution in [3.63, 3.8) is 0 Å². The minimum absolute atomic E-state index is 0.596. The Balaban J connectivity index is 1.57. The van der Waals surface area contributed by atoms with Gasteiger partial charge in [0.15, 0.2) is 0 Å². The number of methoxy groups -OCH3 is 1. The molecule has 0 radical (unpaired) electrons. The third-order valence-corrected chi connectivity index (χ3v) is 4.27. The highest BCUT2D eigenvalue weighted by Crippen LogP contribution is 2.12. The van der Waals surface area contributed by atoms with E-state index in [2.05, 4.69) is 29.3 Å². The maximum atomic E-state index is 5.18. The van der Waals surface area contributed by atoms with Crippen LogP contribution in [-0.2, 0) is 6.42 Å². The van der Waals surface area contributed by atoms with Gasteiger partial charge in [-0.25, -0.2) is 0 Å². The van der Waals surface area contributed by atoms with Crippen molar-refractivity contribution < 1.29 is 4.74 Å². The van der Waals surface area contributed by atoms with E-state index in [0.29, 0.717) is 6.04 Å². The van der Waals surface area contributed by atoms with E-state index in [1.54, 1.807) is 7.11 Å². The average molecular weight is 290 g/mol. The summed E-state index contributed by atoms with van der Waals surface area (Å²) in [5.74, 6) is 0.937. The number of piperidine rings is 1. The topological polar surface area (TPSA) is 24.5 Å². The standard InChI is InChI=1S/C18H30N2O/c1-16(15-20-13-4-3-5-14-20)19-12-6-7-17-8-10-18(21-2)11-9-17/h8-11,16,19H,3-7,12-15H2,1-2H3. The lowest BCUT2D eigenvalue weighted by Crippen LogP contribution is -2.41. The zero-order valence-corrected chi connectivity index (χ0v) is 13.6. The largest absolute Gasteiger partial charge is 0.497 e. The summed E-state index contributed by atoms with van der Waals surface area (Å²) in [5.41, 5.74) is 1.39. The first-order valence-corrected chi connectivity index (χ1v) is 8.36. The molecule has 0 amide bonds. The third kappa shape index (κ3) is 6.06. The van der Waals surface area contributed by atoms with Gasteiger partial charge in [0.25, 0.3) is 0 Å². The molecule has 1 fully saturated rings. The Hall–Kier alpha value is -1.06. The number of rotatable bonds is 8. The highest BCUT2D eigenvalue weighted by Gasteiger charge is 2.12. The minimum atomic E-state index is 0.596. The highest BCUT2D eigenvalue weighted by atomic mass is 16.5. The van der Waals surface area contributed by atoms with Crippen LogP contribution in [0.2, 0.25) is 0 Å². The second-order valence-electron chi connectivity index (χ2n) is 6.17. The van der Waals surface area contributed by atoms with Gasteiger partial charge in [0.05, 0.1) is 7.11 Å². The molecular weight excluding hydrogens is 260 g/mol. The number of likely N-dealkylation sites (tertiary alicyclic amines) is 1. The van der Waals surface area contributed by atoms with Gasteiger partial charge in [0.2, 0.25) is 0 Å². The number of aryl methyl sites for hydroxylation is 1. The van der Waals surface area contributed by atoms with Crippen molar-refractivity contribution in [2.24, 2.45) is 0 Å². The Morgan fingerprint density at radius 2 is 1.86 bits per heavy atom. The molecule has 1 saturated heterocycles. The van der Waals surface area contributed by atoms with Crippen molar-refractivity contribution in [1.29, 1.82) is 0 Å². The van der Waals surface area contributed by atoms with Crippen molar-refractivity contribution in [1.82, 2.24) is 10.2 Å². The summed E-state index contributed by atoms with van der Waals surface area (Å²) in [5, 5.41) is 3.66. The molecule has 3 heteroatoms. The fourth-order valence-corrected chi connectivity index (χ4v) is 3.03. The summed E-state index contributed by atoms with van der Waals surface area (Å²) in [6, 6.07) is 9.01. The number of nitrogens with zero attached hydrogens (tertiary/aromatic N) is 1. The van der Waals surface area contributed by atoms with Gasteiger partial charge in [-0.1, -0.05) is 18.6 Å². The van der Waals surface area contributed by atoms with E-state index in [-0.39, 0.29) is 0 Å². The Morgan fingerprint density at radius 3 is 2.52 bits per heavy atom. The monoisotopic (exact) mass is 290 g/mol. The van der Waals surface area contributed by atoms with E-state index >= 15 is 0 Å². The zero-order chi connectivity index (χ0) is 14.9. The SMILES string of the molecule is COc1ccc(CCCNC(C)CN2CCCCC2)cc1. The van der Waals surface area contributed by atoms with Crippen LogP contribution in [0.3, 0.4) is 0 Å². The first-order valence-electron chi connectivity index (χ1n) is 8.36. The van der Waals surface area contributed by atoms with Gasteiger partial charge >= 0.3 is 0 Å². The smallest absolute Gasteiger partial charge is 0.118 e. The van der Waals surface area contributed by atoms with Gasteiger partial charge < -0.3 is 15.0 Å². The highest BCUT2D eigenvalue weighted by molar-refractivity contribution is 5.27. The fourth-order valence-electron chi connectivity index (χ4n) is 3.03. The summed E-state index contributed by atoms with van der Waals surface area (Å²) in [6.07, 6.45) is 6.50. The molecule has 1 aromatic rings. The Kier molecular flexibility index (Phi) is 7.04. The molecule has 0 aromatic heterocycles. The number of ether oxygens (including phenoxy) is 1. The quantitative estimate of drug-likeness (QED) is 0.745. The Labute approximate surface area is 129 Å². The van der Waals surface area contributed by atoms with Crippen LogP contribution in [0.15, 0.2) is 24.3 Å². The second kappa shape index (κ2) is 9.06.